The molecule has 94 valence electrons. The van der Waals surface area contributed by atoms with E-state index in [9.17, 15) is 4.79 Å². The number of nitrogen functional groups attached to an aromatic ring is 1. The number of halogens is 1. The predicted molar refractivity (Wildman–Crippen MR) is 70.4 cm³/mol. The van der Waals surface area contributed by atoms with Gasteiger partial charge in [0.25, 0.3) is 0 Å². The lowest BCUT2D eigenvalue weighted by Crippen LogP contribution is -2.14. The summed E-state index contributed by atoms with van der Waals surface area (Å²) in [5, 5.41) is 14.6. The van der Waals surface area contributed by atoms with Gasteiger partial charge in [0.1, 0.15) is 5.84 Å². The smallest absolute Gasteiger partial charge is 0.343 e. The minimum absolute atomic E-state index is 0.122. The summed E-state index contributed by atoms with van der Waals surface area (Å²) < 4.78 is 1.37. The Kier molecular flexibility index (Phi) is 3.44. The molecule has 0 aliphatic heterocycles. The first kappa shape index (κ1) is 12.7. The van der Waals surface area contributed by atoms with Gasteiger partial charge in [-0.3, -0.25) is 9.98 Å². The van der Waals surface area contributed by atoms with Gasteiger partial charge in [0.05, 0.1) is 5.02 Å². The van der Waals surface area contributed by atoms with E-state index in [0.29, 0.717) is 20.6 Å². The Morgan fingerprint density at radius 2 is 2.33 bits per heavy atom. The molecule has 0 saturated carbocycles. The Balaban J connectivity index is 2.47. The molecule has 1 aromatic carbocycles. The van der Waals surface area contributed by atoms with Crippen LogP contribution in [0.4, 0.5) is 0 Å². The van der Waals surface area contributed by atoms with Gasteiger partial charge in [0, 0.05) is 17.5 Å². The van der Waals surface area contributed by atoms with Crippen LogP contribution < -0.4 is 11.4 Å². The number of aromatic nitrogens is 3. The van der Waals surface area contributed by atoms with Gasteiger partial charge in [0.2, 0.25) is 0 Å². The zero-order valence-corrected chi connectivity index (χ0v) is 11.0. The Morgan fingerprint density at radius 3 is 2.89 bits per heavy atom. The molecule has 2 rings (SSSR count). The van der Waals surface area contributed by atoms with E-state index in [1.165, 1.54) is 16.3 Å². The van der Waals surface area contributed by atoms with Crippen LogP contribution in [-0.2, 0) is 7.05 Å². The van der Waals surface area contributed by atoms with Crippen molar-refractivity contribution in [1.82, 2.24) is 14.8 Å². The molecule has 6 nitrogen and oxygen atoms in total. The predicted octanol–water partition coefficient (Wildman–Crippen LogP) is 1.20. The van der Waals surface area contributed by atoms with Gasteiger partial charge >= 0.3 is 5.69 Å². The first-order chi connectivity index (χ1) is 8.50. The molecule has 0 bridgehead atoms. The van der Waals surface area contributed by atoms with E-state index in [1.807, 2.05) is 0 Å². The van der Waals surface area contributed by atoms with Crippen molar-refractivity contribution in [3.05, 3.63) is 39.3 Å². The number of nitrogens with zero attached hydrogens (tertiary/aromatic N) is 2. The zero-order chi connectivity index (χ0) is 13.3. The second-order valence-corrected chi connectivity index (χ2v) is 4.92. The quantitative estimate of drug-likeness (QED) is 0.582. The summed E-state index contributed by atoms with van der Waals surface area (Å²) in [4.78, 5) is 11.9. The van der Waals surface area contributed by atoms with Crippen LogP contribution >= 0.6 is 23.4 Å². The average molecular weight is 284 g/mol. The highest BCUT2D eigenvalue weighted by molar-refractivity contribution is 7.99. The van der Waals surface area contributed by atoms with Crippen molar-refractivity contribution in [2.45, 2.75) is 10.1 Å². The van der Waals surface area contributed by atoms with Crippen LogP contribution in [0.2, 0.25) is 5.02 Å². The van der Waals surface area contributed by atoms with E-state index < -0.39 is 0 Å². The third-order valence-corrected chi connectivity index (χ3v) is 3.71. The Hall–Kier alpha value is -1.73. The van der Waals surface area contributed by atoms with E-state index in [4.69, 9.17) is 22.7 Å². The van der Waals surface area contributed by atoms with Crippen molar-refractivity contribution in [2.75, 3.05) is 0 Å². The van der Waals surface area contributed by atoms with Gasteiger partial charge in [-0.2, -0.15) is 0 Å². The van der Waals surface area contributed by atoms with Crippen molar-refractivity contribution >= 4 is 29.2 Å². The fraction of sp³-hybridized carbons (Fsp3) is 0.100. The summed E-state index contributed by atoms with van der Waals surface area (Å²) in [6.45, 7) is 0. The maximum atomic E-state index is 11.3. The summed E-state index contributed by atoms with van der Waals surface area (Å²) in [5.74, 6) is -0.122. The Bertz CT molecular complexity index is 663. The van der Waals surface area contributed by atoms with Gasteiger partial charge in [-0.1, -0.05) is 17.7 Å². The molecule has 0 spiro atoms. The van der Waals surface area contributed by atoms with Crippen molar-refractivity contribution in [3.8, 4) is 0 Å². The summed E-state index contributed by atoms with van der Waals surface area (Å²) in [6, 6.07) is 5.18. The molecule has 0 fully saturated rings. The SMILES string of the molecule is Cn1c(Sc2cccc(Cl)c2C(=N)N)n[nH]c1=O. The van der Waals surface area contributed by atoms with E-state index in [1.54, 1.807) is 25.2 Å². The maximum Gasteiger partial charge on any atom is 0.343 e. The molecule has 1 aromatic heterocycles. The molecule has 8 heteroatoms. The number of amidine groups is 1. The minimum atomic E-state index is -0.302. The molecule has 0 aliphatic rings. The van der Waals surface area contributed by atoms with Crippen molar-refractivity contribution in [1.29, 1.82) is 5.41 Å². The van der Waals surface area contributed by atoms with E-state index in [0.717, 1.165) is 0 Å². The van der Waals surface area contributed by atoms with E-state index in [2.05, 4.69) is 10.2 Å². The molecule has 0 radical (unpaired) electrons. The van der Waals surface area contributed by atoms with Crippen molar-refractivity contribution < 1.29 is 0 Å². The lowest BCUT2D eigenvalue weighted by atomic mass is 10.2. The maximum absolute atomic E-state index is 11.3. The van der Waals surface area contributed by atoms with Crippen LogP contribution in [0.1, 0.15) is 5.56 Å². The highest BCUT2D eigenvalue weighted by atomic mass is 35.5. The summed E-state index contributed by atoms with van der Waals surface area (Å²) in [5.41, 5.74) is 5.64. The fourth-order valence-corrected chi connectivity index (χ4v) is 2.68. The lowest BCUT2D eigenvalue weighted by molar-refractivity contribution is 0.766. The van der Waals surface area contributed by atoms with Crippen LogP contribution in [0.15, 0.2) is 33.0 Å². The van der Waals surface area contributed by atoms with Crippen LogP contribution in [0.25, 0.3) is 0 Å². The first-order valence-electron chi connectivity index (χ1n) is 4.93. The molecule has 4 N–H and O–H groups in total. The normalized spacial score (nSPS) is 10.6. The van der Waals surface area contributed by atoms with Crippen molar-refractivity contribution in [3.63, 3.8) is 0 Å². The summed E-state index contributed by atoms with van der Waals surface area (Å²) in [7, 11) is 1.60. The Morgan fingerprint density at radius 1 is 1.61 bits per heavy atom. The summed E-state index contributed by atoms with van der Waals surface area (Å²) >= 11 is 7.22. The molecule has 18 heavy (non-hydrogen) atoms. The number of H-pyrrole nitrogens is 1. The highest BCUT2D eigenvalue weighted by Gasteiger charge is 2.14. The molecule has 0 saturated heterocycles. The number of nitrogens with two attached hydrogens (primary N) is 1. The zero-order valence-electron chi connectivity index (χ0n) is 9.40. The molecule has 2 aromatic rings. The van der Waals surface area contributed by atoms with Crippen LogP contribution in [0.5, 0.6) is 0 Å². The second kappa shape index (κ2) is 4.87. The minimum Gasteiger partial charge on any atom is -0.384 e. The molecule has 1 heterocycles. The van der Waals surface area contributed by atoms with Gasteiger partial charge in [0.15, 0.2) is 5.16 Å². The fourth-order valence-electron chi connectivity index (χ4n) is 1.37. The standard InChI is InChI=1S/C10H10ClN5OS/c1-16-9(17)14-15-10(16)18-6-4-2-3-5(11)7(6)8(12)13/h2-4H,1H3,(H3,12,13)(H,14,17). The van der Waals surface area contributed by atoms with Crippen LogP contribution in [0, 0.1) is 5.41 Å². The number of nitrogens with one attached hydrogen (secondary N) is 2. The van der Waals surface area contributed by atoms with Crippen LogP contribution in [0.3, 0.4) is 0 Å². The highest BCUT2D eigenvalue weighted by Crippen LogP contribution is 2.31. The number of aromatic amines is 1. The van der Waals surface area contributed by atoms with Crippen molar-refractivity contribution in [2.24, 2.45) is 12.8 Å². The molecule has 0 aliphatic carbocycles. The van der Waals surface area contributed by atoms with Gasteiger partial charge in [-0.05, 0) is 23.9 Å². The first-order valence-corrected chi connectivity index (χ1v) is 6.12. The van der Waals surface area contributed by atoms with E-state index >= 15 is 0 Å². The molecule has 0 amide bonds. The third kappa shape index (κ3) is 2.27. The van der Waals surface area contributed by atoms with E-state index in [-0.39, 0.29) is 11.5 Å². The number of hydrogen-bond acceptors (Lipinski definition) is 4. The van der Waals surface area contributed by atoms with Gasteiger partial charge < -0.3 is 5.73 Å². The molecular weight excluding hydrogens is 274 g/mol. The average Bonchev–Trinajstić information content (AvgIpc) is 2.60. The number of hydrogen-bond donors (Lipinski definition) is 3. The number of benzene rings is 1. The van der Waals surface area contributed by atoms with Gasteiger partial charge in [-0.25, -0.2) is 9.89 Å². The molecule has 0 atom stereocenters. The second-order valence-electron chi connectivity index (χ2n) is 3.50. The topological polar surface area (TPSA) is 101 Å². The largest absolute Gasteiger partial charge is 0.384 e. The number of rotatable bonds is 3. The van der Waals surface area contributed by atoms with Gasteiger partial charge in [-0.15, -0.1) is 5.10 Å². The Labute approximate surface area is 112 Å². The van der Waals surface area contributed by atoms with Crippen LogP contribution in [-0.4, -0.2) is 20.6 Å². The molecular formula is C10H10ClN5OS. The lowest BCUT2D eigenvalue weighted by Gasteiger charge is -2.08. The summed E-state index contributed by atoms with van der Waals surface area (Å²) in [6.07, 6.45) is 0. The molecule has 0 unspecified atom stereocenters. The third-order valence-electron chi connectivity index (χ3n) is 2.28. The monoisotopic (exact) mass is 283 g/mol.